The molecule has 3 aromatic rings. The smallest absolute Gasteiger partial charge is 0.306 e. The van der Waals surface area contributed by atoms with Crippen molar-refractivity contribution in [1.82, 2.24) is 24.5 Å². The van der Waals surface area contributed by atoms with Crippen LogP contribution in [0.25, 0.3) is 5.78 Å². The van der Waals surface area contributed by atoms with Crippen LogP contribution >= 0.6 is 0 Å². The Kier molecular flexibility index (Phi) is 5.64. The van der Waals surface area contributed by atoms with Crippen LogP contribution < -0.4 is 4.90 Å². The SMILES string of the molecule is CCOC(=O)CCc1c(C)nc2ncnn2c1N1CCN(C(=O)c2ccco2)CC1. The van der Waals surface area contributed by atoms with Gasteiger partial charge in [-0.15, -0.1) is 0 Å². The summed E-state index contributed by atoms with van der Waals surface area (Å²) in [7, 11) is 0. The van der Waals surface area contributed by atoms with E-state index in [1.54, 1.807) is 28.5 Å². The number of hydrogen-bond acceptors (Lipinski definition) is 8. The van der Waals surface area contributed by atoms with E-state index in [4.69, 9.17) is 9.15 Å². The summed E-state index contributed by atoms with van der Waals surface area (Å²) in [5.41, 5.74) is 1.75. The van der Waals surface area contributed by atoms with Gasteiger partial charge in [0.25, 0.3) is 11.7 Å². The normalized spacial score (nSPS) is 14.3. The molecule has 0 unspecified atom stereocenters. The van der Waals surface area contributed by atoms with Crippen molar-refractivity contribution >= 4 is 23.5 Å². The van der Waals surface area contributed by atoms with Crippen molar-refractivity contribution in [2.75, 3.05) is 37.7 Å². The quantitative estimate of drug-likeness (QED) is 0.561. The second-order valence-electron chi connectivity index (χ2n) is 7.03. The molecule has 10 nitrogen and oxygen atoms in total. The van der Waals surface area contributed by atoms with Crippen molar-refractivity contribution in [3.05, 3.63) is 41.7 Å². The van der Waals surface area contributed by atoms with Gasteiger partial charge in [-0.1, -0.05) is 0 Å². The number of carbonyl (C=O) groups is 2. The lowest BCUT2D eigenvalue weighted by Crippen LogP contribution is -2.49. The van der Waals surface area contributed by atoms with Gasteiger partial charge in [0.2, 0.25) is 0 Å². The van der Waals surface area contributed by atoms with E-state index in [1.165, 1.54) is 12.6 Å². The number of ether oxygens (including phenoxy) is 1. The first-order chi connectivity index (χ1) is 14.6. The molecular formula is C20H24N6O4. The summed E-state index contributed by atoms with van der Waals surface area (Å²) >= 11 is 0. The van der Waals surface area contributed by atoms with Crippen LogP contribution in [-0.2, 0) is 16.0 Å². The summed E-state index contributed by atoms with van der Waals surface area (Å²) in [6.07, 6.45) is 3.73. The molecule has 1 saturated heterocycles. The first-order valence-corrected chi connectivity index (χ1v) is 10.0. The van der Waals surface area contributed by atoms with Crippen LogP contribution in [-0.4, -0.2) is 69.1 Å². The van der Waals surface area contributed by atoms with Crippen LogP contribution in [0.1, 0.15) is 35.2 Å². The van der Waals surface area contributed by atoms with Gasteiger partial charge in [-0.25, -0.2) is 4.98 Å². The maximum absolute atomic E-state index is 12.6. The van der Waals surface area contributed by atoms with Gasteiger partial charge in [0.1, 0.15) is 12.1 Å². The lowest BCUT2D eigenvalue weighted by atomic mass is 10.1. The lowest BCUT2D eigenvalue weighted by Gasteiger charge is -2.36. The topological polar surface area (TPSA) is 106 Å². The molecule has 30 heavy (non-hydrogen) atoms. The largest absolute Gasteiger partial charge is 0.466 e. The molecule has 1 aliphatic rings. The average Bonchev–Trinajstić information content (AvgIpc) is 3.44. The zero-order valence-corrected chi connectivity index (χ0v) is 17.1. The fourth-order valence-electron chi connectivity index (χ4n) is 3.72. The van der Waals surface area contributed by atoms with Crippen molar-refractivity contribution in [2.24, 2.45) is 0 Å². The minimum absolute atomic E-state index is 0.112. The molecule has 0 radical (unpaired) electrons. The monoisotopic (exact) mass is 412 g/mol. The second kappa shape index (κ2) is 8.52. The minimum Gasteiger partial charge on any atom is -0.466 e. The van der Waals surface area contributed by atoms with E-state index < -0.39 is 0 Å². The molecule has 0 atom stereocenters. The Morgan fingerprint density at radius 1 is 1.23 bits per heavy atom. The fourth-order valence-corrected chi connectivity index (χ4v) is 3.72. The molecule has 0 spiro atoms. The van der Waals surface area contributed by atoms with Crippen molar-refractivity contribution < 1.29 is 18.7 Å². The summed E-state index contributed by atoms with van der Waals surface area (Å²) in [6.45, 7) is 6.41. The van der Waals surface area contributed by atoms with Gasteiger partial charge in [0.15, 0.2) is 5.76 Å². The van der Waals surface area contributed by atoms with Gasteiger partial charge in [0.05, 0.1) is 12.9 Å². The standard InChI is InChI=1S/C20H24N6O4/c1-3-29-17(27)7-6-15-14(2)23-20-21-13-22-26(20)18(15)24-8-10-25(11-9-24)19(28)16-5-4-12-30-16/h4-5,12-13H,3,6-11H2,1-2H3. The van der Waals surface area contributed by atoms with Crippen molar-refractivity contribution in [3.8, 4) is 0 Å². The van der Waals surface area contributed by atoms with Crippen LogP contribution in [0.15, 0.2) is 29.1 Å². The fraction of sp³-hybridized carbons (Fsp3) is 0.450. The van der Waals surface area contributed by atoms with Gasteiger partial charge in [-0.3, -0.25) is 9.59 Å². The summed E-state index contributed by atoms with van der Waals surface area (Å²) < 4.78 is 12.0. The molecule has 4 rings (SSSR count). The number of hydrogen-bond donors (Lipinski definition) is 0. The van der Waals surface area contributed by atoms with E-state index in [9.17, 15) is 9.59 Å². The molecule has 1 amide bonds. The predicted molar refractivity (Wildman–Crippen MR) is 107 cm³/mol. The van der Waals surface area contributed by atoms with Crippen LogP contribution in [0.2, 0.25) is 0 Å². The zero-order valence-electron chi connectivity index (χ0n) is 17.1. The molecule has 10 heteroatoms. The number of furan rings is 1. The molecule has 0 aromatic carbocycles. The first-order valence-electron chi connectivity index (χ1n) is 10.0. The van der Waals surface area contributed by atoms with E-state index in [0.717, 1.165) is 17.1 Å². The molecule has 0 saturated carbocycles. The van der Waals surface area contributed by atoms with Gasteiger partial charge in [-0.05, 0) is 32.4 Å². The number of rotatable bonds is 6. The number of anilines is 1. The number of fused-ring (bicyclic) bond motifs is 1. The van der Waals surface area contributed by atoms with Gasteiger partial charge >= 0.3 is 5.97 Å². The van der Waals surface area contributed by atoms with Crippen molar-refractivity contribution in [1.29, 1.82) is 0 Å². The van der Waals surface area contributed by atoms with E-state index in [0.29, 0.717) is 50.7 Å². The number of amides is 1. The highest BCUT2D eigenvalue weighted by atomic mass is 16.5. The van der Waals surface area contributed by atoms with E-state index in [2.05, 4.69) is 20.0 Å². The van der Waals surface area contributed by atoms with Crippen LogP contribution in [0, 0.1) is 6.92 Å². The highest BCUT2D eigenvalue weighted by Crippen LogP contribution is 2.26. The molecule has 3 aromatic heterocycles. The van der Waals surface area contributed by atoms with Crippen molar-refractivity contribution in [3.63, 3.8) is 0 Å². The first kappa shape index (κ1) is 19.9. The van der Waals surface area contributed by atoms with Crippen molar-refractivity contribution in [2.45, 2.75) is 26.7 Å². The molecule has 0 aliphatic carbocycles. The number of carbonyl (C=O) groups excluding carboxylic acids is 2. The Morgan fingerprint density at radius 2 is 2.03 bits per heavy atom. The predicted octanol–water partition coefficient (Wildman–Crippen LogP) is 1.48. The maximum Gasteiger partial charge on any atom is 0.306 e. The zero-order chi connectivity index (χ0) is 21.1. The molecule has 1 fully saturated rings. The van der Waals surface area contributed by atoms with E-state index in [-0.39, 0.29) is 18.3 Å². The van der Waals surface area contributed by atoms with Gasteiger partial charge in [-0.2, -0.15) is 14.6 Å². The second-order valence-corrected chi connectivity index (χ2v) is 7.03. The average molecular weight is 412 g/mol. The Balaban J connectivity index is 1.57. The Hall–Kier alpha value is -3.43. The summed E-state index contributed by atoms with van der Waals surface area (Å²) in [5, 5.41) is 4.34. The number of aryl methyl sites for hydroxylation is 1. The molecular weight excluding hydrogens is 388 g/mol. The highest BCUT2D eigenvalue weighted by Gasteiger charge is 2.27. The Labute approximate surface area is 173 Å². The maximum atomic E-state index is 12.6. The number of piperazine rings is 1. The van der Waals surface area contributed by atoms with Crippen LogP contribution in [0.3, 0.4) is 0 Å². The van der Waals surface area contributed by atoms with Gasteiger partial charge in [0, 0.05) is 43.9 Å². The Morgan fingerprint density at radius 3 is 2.73 bits per heavy atom. The van der Waals surface area contributed by atoms with E-state index in [1.807, 2.05) is 6.92 Å². The summed E-state index contributed by atoms with van der Waals surface area (Å²) in [5.74, 6) is 1.37. The molecule has 4 heterocycles. The molecule has 1 aliphatic heterocycles. The molecule has 0 bridgehead atoms. The third-order valence-electron chi connectivity index (χ3n) is 5.19. The number of nitrogens with zero attached hydrogens (tertiary/aromatic N) is 6. The highest BCUT2D eigenvalue weighted by molar-refractivity contribution is 5.91. The molecule has 0 N–H and O–H groups in total. The minimum atomic E-state index is -0.240. The third kappa shape index (κ3) is 3.85. The van der Waals surface area contributed by atoms with Crippen LogP contribution in [0.4, 0.5) is 5.82 Å². The number of esters is 1. The van der Waals surface area contributed by atoms with Crippen LogP contribution in [0.5, 0.6) is 0 Å². The lowest BCUT2D eigenvalue weighted by molar-refractivity contribution is -0.143. The summed E-state index contributed by atoms with van der Waals surface area (Å²) in [4.78, 5) is 37.2. The summed E-state index contributed by atoms with van der Waals surface area (Å²) in [6, 6.07) is 3.38. The Bertz CT molecular complexity index is 1040. The van der Waals surface area contributed by atoms with E-state index >= 15 is 0 Å². The third-order valence-corrected chi connectivity index (χ3v) is 5.19. The number of aromatic nitrogens is 4. The molecule has 158 valence electrons. The van der Waals surface area contributed by atoms with Gasteiger partial charge < -0.3 is 19.0 Å².